The molecule has 7 nitrogen and oxygen atoms in total. The lowest BCUT2D eigenvalue weighted by Gasteiger charge is -2.21. The lowest BCUT2D eigenvalue weighted by molar-refractivity contribution is -0.145. The third-order valence-electron chi connectivity index (χ3n) is 4.10. The minimum absolute atomic E-state index is 0.0237. The fourth-order valence-corrected chi connectivity index (χ4v) is 2.14. The summed E-state index contributed by atoms with van der Waals surface area (Å²) in [6.45, 7) is 3.93. The third-order valence-corrected chi connectivity index (χ3v) is 4.10. The maximum Gasteiger partial charge on any atom is 0.306 e. The molecule has 0 aliphatic carbocycles. The summed E-state index contributed by atoms with van der Waals surface area (Å²) < 4.78 is 5.14. The molecular weight excluding hydrogens is 322 g/mol. The molecule has 0 bridgehead atoms. The van der Waals surface area contributed by atoms with Gasteiger partial charge in [-0.2, -0.15) is 0 Å². The molecule has 138 valence electrons. The molecule has 0 aliphatic heterocycles. The van der Waals surface area contributed by atoms with E-state index < -0.39 is 29.9 Å². The van der Waals surface area contributed by atoms with Crippen molar-refractivity contribution < 1.29 is 19.1 Å². The van der Waals surface area contributed by atoms with E-state index in [0.717, 1.165) is 12.0 Å². The van der Waals surface area contributed by atoms with Crippen LogP contribution in [0.2, 0.25) is 0 Å². The molecule has 1 aromatic carbocycles. The summed E-state index contributed by atoms with van der Waals surface area (Å²) in [5, 5.41) is 2.51. The lowest BCUT2D eigenvalue weighted by atomic mass is 9.99. The molecular formula is C18H27N3O4. The van der Waals surface area contributed by atoms with E-state index in [0.29, 0.717) is 0 Å². The number of carbonyl (C=O) groups is 3. The number of ether oxygens (including phenoxy) is 1. The van der Waals surface area contributed by atoms with E-state index in [2.05, 4.69) is 5.32 Å². The molecule has 1 rings (SSSR count). The van der Waals surface area contributed by atoms with Crippen LogP contribution in [0.3, 0.4) is 0 Å². The van der Waals surface area contributed by atoms with Crippen molar-refractivity contribution in [3.8, 4) is 0 Å². The fourth-order valence-electron chi connectivity index (χ4n) is 2.14. The number of primary amides is 1. The lowest BCUT2D eigenvalue weighted by Crippen LogP contribution is -2.52. The van der Waals surface area contributed by atoms with Crippen LogP contribution < -0.4 is 16.8 Å². The minimum atomic E-state index is -0.952. The Morgan fingerprint density at radius 1 is 1.20 bits per heavy atom. The van der Waals surface area contributed by atoms with E-state index in [9.17, 15) is 14.4 Å². The van der Waals surface area contributed by atoms with Crippen molar-refractivity contribution in [2.45, 2.75) is 51.8 Å². The molecule has 0 saturated heterocycles. The largest absolute Gasteiger partial charge is 0.461 e. The van der Waals surface area contributed by atoms with Crippen LogP contribution in [0.5, 0.6) is 0 Å². The Hall–Kier alpha value is -2.41. The summed E-state index contributed by atoms with van der Waals surface area (Å²) in [6.07, 6.45) is 0.781. The zero-order valence-electron chi connectivity index (χ0n) is 14.7. The van der Waals surface area contributed by atoms with Gasteiger partial charge in [-0.05, 0) is 17.9 Å². The second-order valence-corrected chi connectivity index (χ2v) is 6.06. The van der Waals surface area contributed by atoms with Gasteiger partial charge in [0, 0.05) is 6.42 Å². The maximum atomic E-state index is 12.1. The van der Waals surface area contributed by atoms with Crippen molar-refractivity contribution in [2.24, 2.45) is 17.4 Å². The smallest absolute Gasteiger partial charge is 0.306 e. The van der Waals surface area contributed by atoms with Gasteiger partial charge in [0.2, 0.25) is 11.8 Å². The SMILES string of the molecule is CC[C@H](C)[C@@H](N)C(=O)N[C@@H](CCC(=O)OCc1ccccc1)C(N)=O. The number of nitrogens with one attached hydrogen (secondary N) is 1. The topological polar surface area (TPSA) is 125 Å². The number of carbonyl (C=O) groups excluding carboxylic acids is 3. The molecule has 7 heteroatoms. The van der Waals surface area contributed by atoms with Crippen LogP contribution in [-0.4, -0.2) is 29.9 Å². The fraction of sp³-hybridized carbons (Fsp3) is 0.500. The van der Waals surface area contributed by atoms with Crippen LogP contribution in [0.25, 0.3) is 0 Å². The van der Waals surface area contributed by atoms with Gasteiger partial charge >= 0.3 is 5.97 Å². The van der Waals surface area contributed by atoms with Gasteiger partial charge in [0.15, 0.2) is 0 Å². The molecule has 0 fully saturated rings. The van der Waals surface area contributed by atoms with E-state index >= 15 is 0 Å². The van der Waals surface area contributed by atoms with Gasteiger partial charge in [0.05, 0.1) is 6.04 Å². The zero-order chi connectivity index (χ0) is 18.8. The molecule has 0 saturated carbocycles. The molecule has 0 heterocycles. The molecule has 0 spiro atoms. The van der Waals surface area contributed by atoms with Crippen molar-refractivity contribution in [1.29, 1.82) is 0 Å². The Morgan fingerprint density at radius 3 is 2.40 bits per heavy atom. The predicted octanol–water partition coefficient (Wildman–Crippen LogP) is 0.854. The first-order valence-corrected chi connectivity index (χ1v) is 8.40. The average molecular weight is 349 g/mol. The molecule has 0 unspecified atom stereocenters. The quantitative estimate of drug-likeness (QED) is 0.540. The first-order chi connectivity index (χ1) is 11.8. The summed E-state index contributed by atoms with van der Waals surface area (Å²) in [4.78, 5) is 35.4. The Morgan fingerprint density at radius 2 is 1.84 bits per heavy atom. The highest BCUT2D eigenvalue weighted by Crippen LogP contribution is 2.08. The molecule has 1 aromatic rings. The molecule has 5 N–H and O–H groups in total. The predicted molar refractivity (Wildman–Crippen MR) is 94.0 cm³/mol. The van der Waals surface area contributed by atoms with Gasteiger partial charge in [0.25, 0.3) is 0 Å². The first kappa shape index (κ1) is 20.6. The summed E-state index contributed by atoms with van der Waals surface area (Å²) in [6, 6.07) is 7.58. The molecule has 2 amide bonds. The highest BCUT2D eigenvalue weighted by Gasteiger charge is 2.25. The Bertz CT molecular complexity index is 577. The molecule has 3 atom stereocenters. The van der Waals surface area contributed by atoms with Crippen molar-refractivity contribution in [3.63, 3.8) is 0 Å². The van der Waals surface area contributed by atoms with Gasteiger partial charge in [-0.25, -0.2) is 0 Å². The highest BCUT2D eigenvalue weighted by atomic mass is 16.5. The standard InChI is InChI=1S/C18H27N3O4/c1-3-12(2)16(19)18(24)21-14(17(20)23)9-10-15(22)25-11-13-7-5-4-6-8-13/h4-8,12,14,16H,3,9-11,19H2,1-2H3,(H2,20,23)(H,21,24)/t12-,14-,16+/m0/s1. The number of amides is 2. The van der Waals surface area contributed by atoms with Crippen LogP contribution in [0.1, 0.15) is 38.7 Å². The number of rotatable bonds is 10. The molecule has 0 aromatic heterocycles. The Balaban J connectivity index is 2.45. The van der Waals surface area contributed by atoms with E-state index in [-0.39, 0.29) is 25.4 Å². The molecule has 0 radical (unpaired) electrons. The molecule has 0 aliphatic rings. The number of esters is 1. The van der Waals surface area contributed by atoms with Crippen LogP contribution >= 0.6 is 0 Å². The molecule has 25 heavy (non-hydrogen) atoms. The van der Waals surface area contributed by atoms with Gasteiger partial charge in [0.1, 0.15) is 12.6 Å². The normalized spacial score (nSPS) is 14.2. The van der Waals surface area contributed by atoms with Gasteiger partial charge < -0.3 is 21.5 Å². The van der Waals surface area contributed by atoms with Gasteiger partial charge in [-0.3, -0.25) is 14.4 Å². The van der Waals surface area contributed by atoms with E-state index in [1.54, 1.807) is 0 Å². The van der Waals surface area contributed by atoms with E-state index in [1.807, 2.05) is 44.2 Å². The summed E-state index contributed by atoms with van der Waals surface area (Å²) in [5.41, 5.74) is 12.0. The monoisotopic (exact) mass is 349 g/mol. The van der Waals surface area contributed by atoms with Gasteiger partial charge in [-0.1, -0.05) is 50.6 Å². The third kappa shape index (κ3) is 7.34. The second kappa shape index (κ2) is 10.5. The van der Waals surface area contributed by atoms with Crippen molar-refractivity contribution in [3.05, 3.63) is 35.9 Å². The highest BCUT2D eigenvalue weighted by molar-refractivity contribution is 5.89. The summed E-state index contributed by atoms with van der Waals surface area (Å²) in [7, 11) is 0. The number of hydrogen-bond acceptors (Lipinski definition) is 5. The number of nitrogens with two attached hydrogens (primary N) is 2. The second-order valence-electron chi connectivity index (χ2n) is 6.06. The summed E-state index contributed by atoms with van der Waals surface area (Å²) in [5.74, 6) is -1.64. The van der Waals surface area contributed by atoms with E-state index in [1.165, 1.54) is 0 Å². The number of benzene rings is 1. The van der Waals surface area contributed by atoms with Crippen LogP contribution in [0.4, 0.5) is 0 Å². The van der Waals surface area contributed by atoms with Gasteiger partial charge in [-0.15, -0.1) is 0 Å². The van der Waals surface area contributed by atoms with Crippen LogP contribution in [0.15, 0.2) is 30.3 Å². The number of hydrogen-bond donors (Lipinski definition) is 3. The summed E-state index contributed by atoms with van der Waals surface area (Å²) >= 11 is 0. The van der Waals surface area contributed by atoms with E-state index in [4.69, 9.17) is 16.2 Å². The average Bonchev–Trinajstić information content (AvgIpc) is 2.62. The van der Waals surface area contributed by atoms with Crippen molar-refractivity contribution in [1.82, 2.24) is 5.32 Å². The Labute approximate surface area is 148 Å². The van der Waals surface area contributed by atoms with Crippen molar-refractivity contribution >= 4 is 17.8 Å². The van der Waals surface area contributed by atoms with Crippen LogP contribution in [-0.2, 0) is 25.7 Å². The van der Waals surface area contributed by atoms with Crippen LogP contribution in [0, 0.1) is 5.92 Å². The maximum absolute atomic E-state index is 12.1. The van der Waals surface area contributed by atoms with Crippen molar-refractivity contribution in [2.75, 3.05) is 0 Å². The first-order valence-electron chi connectivity index (χ1n) is 8.40. The zero-order valence-corrected chi connectivity index (χ0v) is 14.7. The Kier molecular flexibility index (Phi) is 8.63. The minimum Gasteiger partial charge on any atom is -0.461 e.